The minimum atomic E-state index is -0.893. The van der Waals surface area contributed by atoms with Crippen molar-refractivity contribution >= 4 is 17.3 Å². The van der Waals surface area contributed by atoms with E-state index in [9.17, 15) is 13.6 Å². The van der Waals surface area contributed by atoms with Gasteiger partial charge in [-0.1, -0.05) is 11.6 Å². The van der Waals surface area contributed by atoms with Gasteiger partial charge in [-0.15, -0.1) is 0 Å². The Kier molecular flexibility index (Phi) is 5.31. The lowest BCUT2D eigenvalue weighted by Crippen LogP contribution is -2.47. The summed E-state index contributed by atoms with van der Waals surface area (Å²) < 4.78 is 27.8. The second kappa shape index (κ2) is 7.47. The lowest BCUT2D eigenvalue weighted by atomic mass is 10.2. The molecule has 1 aromatic heterocycles. The van der Waals surface area contributed by atoms with Crippen LogP contribution in [0.25, 0.3) is 5.69 Å². The van der Waals surface area contributed by atoms with E-state index in [-0.39, 0.29) is 17.3 Å². The third-order valence-corrected chi connectivity index (χ3v) is 4.52. The first-order chi connectivity index (χ1) is 12.0. The summed E-state index contributed by atoms with van der Waals surface area (Å²) in [6.07, 6.45) is 1.41. The van der Waals surface area contributed by atoms with Gasteiger partial charge in [0.2, 0.25) is 0 Å². The fourth-order valence-electron chi connectivity index (χ4n) is 2.82. The predicted octanol–water partition coefficient (Wildman–Crippen LogP) is 1.28. The monoisotopic (exact) mass is 370 g/mol. The summed E-state index contributed by atoms with van der Waals surface area (Å²) in [5.41, 5.74) is -0.343. The Hall–Kier alpha value is -2.03. The molecule has 0 amide bonds. The minimum Gasteiger partial charge on any atom is -0.395 e. The summed E-state index contributed by atoms with van der Waals surface area (Å²) in [6, 6.07) is 2.88. The Morgan fingerprint density at radius 1 is 1.16 bits per heavy atom. The van der Waals surface area contributed by atoms with Gasteiger partial charge in [0.15, 0.2) is 5.82 Å². The highest BCUT2D eigenvalue weighted by Crippen LogP contribution is 2.23. The molecular formula is C16H17ClF2N4O2. The zero-order valence-corrected chi connectivity index (χ0v) is 14.1. The first-order valence-electron chi connectivity index (χ1n) is 7.82. The van der Waals surface area contributed by atoms with Crippen LogP contribution in [0.4, 0.5) is 14.5 Å². The molecule has 134 valence electrons. The van der Waals surface area contributed by atoms with Gasteiger partial charge in [-0.3, -0.25) is 9.69 Å². The van der Waals surface area contributed by atoms with Crippen molar-refractivity contribution in [1.82, 2.24) is 14.7 Å². The van der Waals surface area contributed by atoms with E-state index in [4.69, 9.17) is 16.7 Å². The Bertz CT molecular complexity index is 822. The fourth-order valence-corrected chi connectivity index (χ4v) is 3.07. The molecule has 1 N–H and O–H groups in total. The van der Waals surface area contributed by atoms with Gasteiger partial charge in [-0.25, -0.2) is 8.78 Å². The van der Waals surface area contributed by atoms with Gasteiger partial charge in [0.05, 0.1) is 18.5 Å². The number of nitrogens with zero attached hydrogens (tertiary/aromatic N) is 4. The molecule has 2 heterocycles. The van der Waals surface area contributed by atoms with Crippen molar-refractivity contribution in [3.8, 4) is 5.69 Å². The SMILES string of the molecule is O=c1c(Cl)c(N2CCN(CCO)CC2)cnn1-c1ccc(F)cc1F. The van der Waals surface area contributed by atoms with Crippen molar-refractivity contribution < 1.29 is 13.9 Å². The minimum absolute atomic E-state index is 0.0608. The van der Waals surface area contributed by atoms with Gasteiger partial charge in [0, 0.05) is 38.8 Å². The molecule has 0 unspecified atom stereocenters. The van der Waals surface area contributed by atoms with Crippen LogP contribution in [0.3, 0.4) is 0 Å². The van der Waals surface area contributed by atoms with Crippen LogP contribution in [0.5, 0.6) is 0 Å². The molecule has 3 rings (SSSR count). The number of aliphatic hydroxyl groups excluding tert-OH is 1. The average Bonchev–Trinajstić information content (AvgIpc) is 2.59. The lowest BCUT2D eigenvalue weighted by molar-refractivity contribution is 0.188. The third kappa shape index (κ3) is 3.65. The number of β-amino-alcohol motifs (C(OH)–C–C–N with tert-alkyl or cyclic N) is 1. The van der Waals surface area contributed by atoms with E-state index in [0.717, 1.165) is 29.9 Å². The molecule has 0 aliphatic carbocycles. The van der Waals surface area contributed by atoms with Gasteiger partial charge in [-0.2, -0.15) is 9.78 Å². The van der Waals surface area contributed by atoms with E-state index in [1.54, 1.807) is 0 Å². The number of aromatic nitrogens is 2. The molecule has 0 spiro atoms. The number of rotatable bonds is 4. The maximum absolute atomic E-state index is 13.9. The van der Waals surface area contributed by atoms with Crippen LogP contribution in [0.1, 0.15) is 0 Å². The quantitative estimate of drug-likeness (QED) is 0.878. The van der Waals surface area contributed by atoms with Crippen molar-refractivity contribution in [2.24, 2.45) is 0 Å². The lowest BCUT2D eigenvalue weighted by Gasteiger charge is -2.35. The van der Waals surface area contributed by atoms with E-state index in [2.05, 4.69) is 10.00 Å². The molecule has 1 aliphatic heterocycles. The smallest absolute Gasteiger partial charge is 0.292 e. The van der Waals surface area contributed by atoms with E-state index in [1.165, 1.54) is 6.20 Å². The first kappa shape index (κ1) is 17.8. The van der Waals surface area contributed by atoms with Crippen LogP contribution in [0, 0.1) is 11.6 Å². The van der Waals surface area contributed by atoms with Crippen molar-refractivity contribution in [1.29, 1.82) is 0 Å². The van der Waals surface area contributed by atoms with Crippen LogP contribution in [0.2, 0.25) is 5.02 Å². The van der Waals surface area contributed by atoms with E-state index >= 15 is 0 Å². The van der Waals surface area contributed by atoms with Crippen LogP contribution >= 0.6 is 11.6 Å². The van der Waals surface area contributed by atoms with Gasteiger partial charge < -0.3 is 10.0 Å². The standard InChI is InChI=1S/C16H17ClF2N4O2/c17-15-14(22-5-3-21(4-6-22)7-8-24)10-20-23(16(15)25)13-2-1-11(18)9-12(13)19/h1-2,9-10,24H,3-8H2. The largest absolute Gasteiger partial charge is 0.395 e. The average molecular weight is 371 g/mol. The fraction of sp³-hybridized carbons (Fsp3) is 0.375. The molecule has 1 aliphatic rings. The zero-order valence-electron chi connectivity index (χ0n) is 13.3. The van der Waals surface area contributed by atoms with E-state index in [0.29, 0.717) is 31.4 Å². The van der Waals surface area contributed by atoms with E-state index < -0.39 is 17.2 Å². The summed E-state index contributed by atoms with van der Waals surface area (Å²) in [6.45, 7) is 3.43. The molecule has 25 heavy (non-hydrogen) atoms. The molecule has 0 radical (unpaired) electrons. The number of halogens is 3. The maximum atomic E-state index is 13.9. The Morgan fingerprint density at radius 2 is 1.88 bits per heavy atom. The number of hydrogen-bond acceptors (Lipinski definition) is 5. The van der Waals surface area contributed by atoms with Crippen LogP contribution in [-0.4, -0.2) is 59.1 Å². The highest BCUT2D eigenvalue weighted by atomic mass is 35.5. The molecule has 0 atom stereocenters. The predicted molar refractivity (Wildman–Crippen MR) is 90.5 cm³/mol. The van der Waals surface area contributed by atoms with Crippen molar-refractivity contribution in [3.63, 3.8) is 0 Å². The Morgan fingerprint density at radius 3 is 2.52 bits per heavy atom. The highest BCUT2D eigenvalue weighted by Gasteiger charge is 2.22. The molecule has 9 heteroatoms. The van der Waals surface area contributed by atoms with Gasteiger partial charge in [0.25, 0.3) is 5.56 Å². The molecule has 6 nitrogen and oxygen atoms in total. The molecular weight excluding hydrogens is 354 g/mol. The first-order valence-corrected chi connectivity index (χ1v) is 8.20. The van der Waals surface area contributed by atoms with Gasteiger partial charge in [0.1, 0.15) is 16.5 Å². The molecule has 2 aromatic rings. The summed E-state index contributed by atoms with van der Waals surface area (Å²) >= 11 is 6.20. The molecule has 0 saturated carbocycles. The van der Waals surface area contributed by atoms with E-state index in [1.807, 2.05) is 4.90 Å². The topological polar surface area (TPSA) is 61.6 Å². The summed E-state index contributed by atoms with van der Waals surface area (Å²) in [5, 5.41) is 12.9. The van der Waals surface area contributed by atoms with Crippen LogP contribution in [-0.2, 0) is 0 Å². The van der Waals surface area contributed by atoms with Crippen molar-refractivity contribution in [2.75, 3.05) is 44.2 Å². The highest BCUT2D eigenvalue weighted by molar-refractivity contribution is 6.33. The molecule has 1 aromatic carbocycles. The maximum Gasteiger partial charge on any atom is 0.292 e. The molecule has 1 fully saturated rings. The second-order valence-electron chi connectivity index (χ2n) is 5.71. The van der Waals surface area contributed by atoms with Crippen molar-refractivity contribution in [3.05, 3.63) is 51.4 Å². The van der Waals surface area contributed by atoms with Crippen molar-refractivity contribution in [2.45, 2.75) is 0 Å². The van der Waals surface area contributed by atoms with Gasteiger partial charge in [-0.05, 0) is 12.1 Å². The number of hydrogen-bond donors (Lipinski definition) is 1. The number of anilines is 1. The van der Waals surface area contributed by atoms with Crippen LogP contribution in [0.15, 0.2) is 29.2 Å². The molecule has 1 saturated heterocycles. The summed E-state index contributed by atoms with van der Waals surface area (Å²) in [7, 11) is 0. The summed E-state index contributed by atoms with van der Waals surface area (Å²) in [5.74, 6) is -1.63. The normalized spacial score (nSPS) is 15.6. The summed E-state index contributed by atoms with van der Waals surface area (Å²) in [4.78, 5) is 16.5. The Balaban J connectivity index is 1.88. The number of aliphatic hydroxyl groups is 1. The second-order valence-corrected chi connectivity index (χ2v) is 6.09. The molecule has 0 bridgehead atoms. The van der Waals surface area contributed by atoms with Gasteiger partial charge >= 0.3 is 0 Å². The Labute approximate surface area is 147 Å². The van der Waals surface area contributed by atoms with Crippen LogP contribution < -0.4 is 10.5 Å². The third-order valence-electron chi connectivity index (χ3n) is 4.17. The number of benzene rings is 1. The zero-order chi connectivity index (χ0) is 18.0. The number of piperazine rings is 1.